The van der Waals surface area contributed by atoms with Gasteiger partial charge in [0, 0.05) is 19.7 Å². The lowest BCUT2D eigenvalue weighted by molar-refractivity contribution is -0.141. The maximum atomic E-state index is 12.2. The number of imidazole rings is 1. The van der Waals surface area contributed by atoms with E-state index in [-0.39, 0.29) is 5.69 Å². The summed E-state index contributed by atoms with van der Waals surface area (Å²) in [5.41, 5.74) is 1.29. The van der Waals surface area contributed by atoms with Gasteiger partial charge in [-0.15, -0.1) is 0 Å². The molecule has 7 heteroatoms. The third kappa shape index (κ3) is 2.18. The van der Waals surface area contributed by atoms with E-state index in [1.54, 1.807) is 25.2 Å². The highest BCUT2D eigenvalue weighted by atomic mass is 16.4. The molecule has 0 fully saturated rings. The van der Waals surface area contributed by atoms with Crippen molar-refractivity contribution in [2.45, 2.75) is 13.0 Å². The molecular weight excluding hydrogens is 262 g/mol. The summed E-state index contributed by atoms with van der Waals surface area (Å²) < 4.78 is 1.40. The number of carboxylic acid groups (broad SMARTS) is 1. The van der Waals surface area contributed by atoms with Crippen molar-refractivity contribution in [1.82, 2.24) is 14.5 Å². The molecule has 1 aromatic carbocycles. The number of H-pyrrole nitrogens is 1. The molecule has 0 aliphatic carbocycles. The van der Waals surface area contributed by atoms with Gasteiger partial charge in [-0.1, -0.05) is 0 Å². The Morgan fingerprint density at radius 1 is 1.40 bits per heavy atom. The number of fused-ring (bicyclic) bond motifs is 1. The van der Waals surface area contributed by atoms with E-state index < -0.39 is 17.9 Å². The van der Waals surface area contributed by atoms with E-state index in [9.17, 15) is 14.4 Å². The third-order valence-electron chi connectivity index (χ3n) is 3.41. The van der Waals surface area contributed by atoms with Gasteiger partial charge in [0.05, 0.1) is 11.0 Å². The zero-order valence-corrected chi connectivity index (χ0v) is 11.4. The first-order valence-corrected chi connectivity index (χ1v) is 6.01. The molecule has 1 unspecified atom stereocenters. The standard InChI is InChI=1S/C13H15N3O4/c1-7(12(18)19)15(2)11(17)8-4-5-9-10(6-8)16(3)13(20)14-9/h4-7H,1-3H3,(H,14,20)(H,18,19). The fourth-order valence-electron chi connectivity index (χ4n) is 1.90. The summed E-state index contributed by atoms with van der Waals surface area (Å²) in [6, 6.07) is 3.84. The van der Waals surface area contributed by atoms with Gasteiger partial charge in [-0.2, -0.15) is 0 Å². The Morgan fingerprint density at radius 2 is 2.05 bits per heavy atom. The average Bonchev–Trinajstić information content (AvgIpc) is 2.71. The van der Waals surface area contributed by atoms with Gasteiger partial charge in [-0.05, 0) is 25.1 Å². The van der Waals surface area contributed by atoms with Gasteiger partial charge in [0.1, 0.15) is 6.04 Å². The fraction of sp³-hybridized carbons (Fsp3) is 0.308. The Hall–Kier alpha value is -2.57. The van der Waals surface area contributed by atoms with Crippen molar-refractivity contribution in [1.29, 1.82) is 0 Å². The van der Waals surface area contributed by atoms with Gasteiger partial charge in [0.2, 0.25) is 0 Å². The maximum absolute atomic E-state index is 12.2. The number of nitrogens with zero attached hydrogens (tertiary/aromatic N) is 2. The van der Waals surface area contributed by atoms with Crippen LogP contribution in [-0.2, 0) is 11.8 Å². The Kier molecular flexibility index (Phi) is 3.35. The normalized spacial score (nSPS) is 12.3. The number of likely N-dealkylation sites (N-methyl/N-ethyl adjacent to an activating group) is 1. The number of carboxylic acids is 1. The van der Waals surface area contributed by atoms with Crippen LogP contribution in [0.3, 0.4) is 0 Å². The lowest BCUT2D eigenvalue weighted by atomic mass is 10.1. The van der Waals surface area contributed by atoms with E-state index in [0.717, 1.165) is 4.90 Å². The summed E-state index contributed by atoms with van der Waals surface area (Å²) in [5, 5.41) is 8.92. The summed E-state index contributed by atoms with van der Waals surface area (Å²) in [7, 11) is 3.03. The quantitative estimate of drug-likeness (QED) is 0.849. The molecule has 0 radical (unpaired) electrons. The SMILES string of the molecule is CC(C(=O)O)N(C)C(=O)c1ccc2[nH]c(=O)n(C)c2c1. The molecule has 1 amide bonds. The van der Waals surface area contributed by atoms with E-state index in [4.69, 9.17) is 5.11 Å². The van der Waals surface area contributed by atoms with E-state index in [0.29, 0.717) is 16.6 Å². The monoisotopic (exact) mass is 277 g/mol. The number of carbonyl (C=O) groups is 2. The second-order valence-electron chi connectivity index (χ2n) is 4.65. The van der Waals surface area contributed by atoms with Crippen molar-refractivity contribution < 1.29 is 14.7 Å². The Balaban J connectivity index is 2.42. The maximum Gasteiger partial charge on any atom is 0.326 e. The fourth-order valence-corrected chi connectivity index (χ4v) is 1.90. The minimum atomic E-state index is -1.07. The van der Waals surface area contributed by atoms with E-state index in [1.807, 2.05) is 0 Å². The van der Waals surface area contributed by atoms with Gasteiger partial charge in [-0.25, -0.2) is 9.59 Å². The predicted molar refractivity (Wildman–Crippen MR) is 72.7 cm³/mol. The molecule has 20 heavy (non-hydrogen) atoms. The van der Waals surface area contributed by atoms with Crippen LogP contribution in [0.4, 0.5) is 0 Å². The van der Waals surface area contributed by atoms with Crippen molar-refractivity contribution in [3.63, 3.8) is 0 Å². The molecule has 1 atom stereocenters. The second-order valence-corrected chi connectivity index (χ2v) is 4.65. The van der Waals surface area contributed by atoms with Crippen LogP contribution < -0.4 is 5.69 Å². The lowest BCUT2D eigenvalue weighted by Crippen LogP contribution is -2.40. The summed E-state index contributed by atoms with van der Waals surface area (Å²) in [6.45, 7) is 1.44. The number of nitrogens with one attached hydrogen (secondary N) is 1. The molecule has 2 aromatic rings. The summed E-state index contributed by atoms with van der Waals surface area (Å²) in [4.78, 5) is 38.4. The summed E-state index contributed by atoms with van der Waals surface area (Å²) in [5.74, 6) is -1.48. The smallest absolute Gasteiger partial charge is 0.326 e. The zero-order chi connectivity index (χ0) is 15.0. The van der Waals surface area contributed by atoms with Gasteiger partial charge < -0.3 is 15.0 Å². The minimum Gasteiger partial charge on any atom is -0.480 e. The average molecular weight is 277 g/mol. The first-order valence-electron chi connectivity index (χ1n) is 6.01. The number of hydrogen-bond acceptors (Lipinski definition) is 3. The number of hydrogen-bond donors (Lipinski definition) is 2. The van der Waals surface area contributed by atoms with Gasteiger partial charge in [0.25, 0.3) is 5.91 Å². The summed E-state index contributed by atoms with van der Waals surface area (Å²) in [6.07, 6.45) is 0. The molecule has 0 saturated carbocycles. The Morgan fingerprint density at radius 3 is 2.65 bits per heavy atom. The van der Waals surface area contributed by atoms with Crippen LogP contribution in [0.1, 0.15) is 17.3 Å². The number of aromatic nitrogens is 2. The van der Waals surface area contributed by atoms with Crippen molar-refractivity contribution in [2.75, 3.05) is 7.05 Å². The largest absolute Gasteiger partial charge is 0.480 e. The topological polar surface area (TPSA) is 95.4 Å². The zero-order valence-electron chi connectivity index (χ0n) is 11.4. The number of aliphatic carboxylic acids is 1. The number of benzene rings is 1. The highest BCUT2D eigenvalue weighted by Gasteiger charge is 2.23. The highest BCUT2D eigenvalue weighted by Crippen LogP contribution is 2.14. The van der Waals surface area contributed by atoms with Crippen LogP contribution in [-0.4, -0.2) is 44.5 Å². The third-order valence-corrected chi connectivity index (χ3v) is 3.41. The summed E-state index contributed by atoms with van der Waals surface area (Å²) >= 11 is 0. The van der Waals surface area contributed by atoms with Crippen molar-refractivity contribution in [3.8, 4) is 0 Å². The molecule has 0 saturated heterocycles. The molecule has 0 bridgehead atoms. The highest BCUT2D eigenvalue weighted by molar-refractivity contribution is 5.99. The molecule has 106 valence electrons. The molecule has 2 N–H and O–H groups in total. The molecule has 0 spiro atoms. The second kappa shape index (κ2) is 4.84. The van der Waals surface area contributed by atoms with Crippen LogP contribution in [0.15, 0.2) is 23.0 Å². The Labute approximate surface area is 114 Å². The van der Waals surface area contributed by atoms with Crippen molar-refractivity contribution >= 4 is 22.9 Å². The van der Waals surface area contributed by atoms with Crippen molar-refractivity contribution in [2.24, 2.45) is 7.05 Å². The molecule has 0 aliphatic rings. The first kappa shape index (κ1) is 13.9. The molecule has 2 rings (SSSR count). The molecule has 7 nitrogen and oxygen atoms in total. The van der Waals surface area contributed by atoms with Gasteiger partial charge in [0.15, 0.2) is 0 Å². The molecule has 1 heterocycles. The number of amides is 1. The Bertz CT molecular complexity index is 744. The van der Waals surface area contributed by atoms with Crippen LogP contribution >= 0.6 is 0 Å². The van der Waals surface area contributed by atoms with Crippen LogP contribution in [0, 0.1) is 0 Å². The molecule has 1 aromatic heterocycles. The van der Waals surface area contributed by atoms with Gasteiger partial charge >= 0.3 is 11.7 Å². The first-order chi connectivity index (χ1) is 9.32. The van der Waals surface area contributed by atoms with E-state index >= 15 is 0 Å². The van der Waals surface area contributed by atoms with E-state index in [1.165, 1.54) is 18.5 Å². The van der Waals surface area contributed by atoms with E-state index in [2.05, 4.69) is 4.98 Å². The number of carbonyl (C=O) groups excluding carboxylic acids is 1. The van der Waals surface area contributed by atoms with Crippen LogP contribution in [0.5, 0.6) is 0 Å². The van der Waals surface area contributed by atoms with Crippen molar-refractivity contribution in [3.05, 3.63) is 34.2 Å². The predicted octanol–water partition coefficient (Wildman–Crippen LogP) is 0.412. The lowest BCUT2D eigenvalue weighted by Gasteiger charge is -2.21. The minimum absolute atomic E-state index is 0.267. The molecular formula is C13H15N3O4. The molecule has 0 aliphatic heterocycles. The number of aromatic amines is 1. The van der Waals surface area contributed by atoms with Gasteiger partial charge in [-0.3, -0.25) is 9.36 Å². The van der Waals surface area contributed by atoms with Crippen LogP contribution in [0.2, 0.25) is 0 Å². The van der Waals surface area contributed by atoms with Crippen LogP contribution in [0.25, 0.3) is 11.0 Å². The number of rotatable bonds is 3. The number of aryl methyl sites for hydroxylation is 1.